The van der Waals surface area contributed by atoms with Gasteiger partial charge in [0, 0.05) is 10.9 Å². The quantitative estimate of drug-likeness (QED) is 0.702. The van der Waals surface area contributed by atoms with Crippen LogP contribution in [-0.2, 0) is 0 Å². The van der Waals surface area contributed by atoms with Crippen molar-refractivity contribution in [2.45, 2.75) is 6.92 Å². The summed E-state index contributed by atoms with van der Waals surface area (Å²) in [5.41, 5.74) is 6.03. The van der Waals surface area contributed by atoms with Gasteiger partial charge in [0.2, 0.25) is 0 Å². The van der Waals surface area contributed by atoms with Crippen molar-refractivity contribution in [3.05, 3.63) is 47.5 Å². The number of hydrogen-bond donors (Lipinski definition) is 2. The molecule has 0 aliphatic carbocycles. The summed E-state index contributed by atoms with van der Waals surface area (Å²) in [4.78, 5) is 23.7. The van der Waals surface area contributed by atoms with Gasteiger partial charge in [-0.25, -0.2) is 0 Å². The second-order valence-corrected chi connectivity index (χ2v) is 4.81. The lowest BCUT2D eigenvalue weighted by atomic mass is 10.1. The van der Waals surface area contributed by atoms with Crippen LogP contribution >= 0.6 is 11.7 Å². The zero-order chi connectivity index (χ0) is 14.8. The molecular formula is C13H10N4O3S. The number of aryl methyl sites for hydroxylation is 1. The van der Waals surface area contributed by atoms with Crippen LogP contribution in [0.3, 0.4) is 0 Å². The van der Waals surface area contributed by atoms with E-state index in [0.29, 0.717) is 11.1 Å². The summed E-state index contributed by atoms with van der Waals surface area (Å²) < 4.78 is 13.0. The highest BCUT2D eigenvalue weighted by molar-refractivity contribution is 6.99. The Morgan fingerprint density at radius 2 is 1.95 bits per heavy atom. The van der Waals surface area contributed by atoms with Crippen molar-refractivity contribution < 1.29 is 14.0 Å². The van der Waals surface area contributed by atoms with Crippen LogP contribution in [0.25, 0.3) is 11.0 Å². The number of nitrogens with one attached hydrogen (secondary N) is 2. The molecule has 0 radical (unpaired) electrons. The van der Waals surface area contributed by atoms with E-state index < -0.39 is 11.8 Å². The number of nitrogens with zero attached hydrogens (tertiary/aromatic N) is 2. The molecule has 0 unspecified atom stereocenters. The van der Waals surface area contributed by atoms with Crippen molar-refractivity contribution in [1.29, 1.82) is 0 Å². The third-order valence-corrected chi connectivity index (χ3v) is 3.41. The van der Waals surface area contributed by atoms with Crippen LogP contribution in [0.4, 0.5) is 0 Å². The van der Waals surface area contributed by atoms with Crippen molar-refractivity contribution in [2.75, 3.05) is 0 Å². The van der Waals surface area contributed by atoms with Gasteiger partial charge in [-0.3, -0.25) is 20.4 Å². The Labute approximate surface area is 123 Å². The van der Waals surface area contributed by atoms with E-state index in [1.165, 1.54) is 6.20 Å². The number of carbonyl (C=O) groups excluding carboxylic acids is 2. The molecule has 0 aliphatic heterocycles. The summed E-state index contributed by atoms with van der Waals surface area (Å²) >= 11 is 0.912. The lowest BCUT2D eigenvalue weighted by molar-refractivity contribution is 0.0829. The van der Waals surface area contributed by atoms with Gasteiger partial charge in [-0.05, 0) is 13.0 Å². The van der Waals surface area contributed by atoms with E-state index in [0.717, 1.165) is 17.1 Å². The zero-order valence-electron chi connectivity index (χ0n) is 10.9. The molecule has 0 fully saturated rings. The van der Waals surface area contributed by atoms with E-state index in [2.05, 4.69) is 19.6 Å². The number of aromatic nitrogens is 2. The predicted molar refractivity (Wildman–Crippen MR) is 75.8 cm³/mol. The molecule has 0 saturated heterocycles. The first kappa shape index (κ1) is 13.3. The molecule has 2 amide bonds. The van der Waals surface area contributed by atoms with Gasteiger partial charge in [-0.2, -0.15) is 8.75 Å². The molecule has 1 aromatic carbocycles. The number of amides is 2. The van der Waals surface area contributed by atoms with Gasteiger partial charge >= 0.3 is 5.91 Å². The first-order valence-corrected chi connectivity index (χ1v) is 6.76. The predicted octanol–water partition coefficient (Wildman–Crippen LogP) is 1.67. The van der Waals surface area contributed by atoms with E-state index in [1.54, 1.807) is 13.0 Å². The lowest BCUT2D eigenvalue weighted by Crippen LogP contribution is -2.41. The Hall–Kier alpha value is -2.74. The summed E-state index contributed by atoms with van der Waals surface area (Å²) in [7, 11) is 0. The molecule has 21 heavy (non-hydrogen) atoms. The smallest absolute Gasteiger partial charge is 0.305 e. The fourth-order valence-corrected chi connectivity index (χ4v) is 2.30. The number of benzene rings is 1. The minimum atomic E-state index is -0.536. The Bertz CT molecular complexity index is 810. The van der Waals surface area contributed by atoms with Gasteiger partial charge in [-0.15, -0.1) is 0 Å². The number of fused-ring (bicyclic) bond motifs is 1. The van der Waals surface area contributed by atoms with Gasteiger partial charge in [-0.1, -0.05) is 18.2 Å². The van der Waals surface area contributed by atoms with Crippen molar-refractivity contribution in [1.82, 2.24) is 19.6 Å². The van der Waals surface area contributed by atoms with Crippen LogP contribution in [0.15, 0.2) is 34.9 Å². The second kappa shape index (κ2) is 5.33. The van der Waals surface area contributed by atoms with Crippen molar-refractivity contribution >= 4 is 34.5 Å². The fourth-order valence-electron chi connectivity index (χ4n) is 1.89. The van der Waals surface area contributed by atoms with Crippen molar-refractivity contribution in [2.24, 2.45) is 0 Å². The van der Waals surface area contributed by atoms with Crippen LogP contribution in [-0.4, -0.2) is 20.6 Å². The average molecular weight is 302 g/mol. The normalized spacial score (nSPS) is 10.5. The summed E-state index contributed by atoms with van der Waals surface area (Å²) in [6, 6.07) is 7.33. The van der Waals surface area contributed by atoms with E-state index in [-0.39, 0.29) is 11.5 Å². The third-order valence-electron chi connectivity index (χ3n) is 2.93. The maximum absolute atomic E-state index is 12.1. The molecule has 7 nitrogen and oxygen atoms in total. The number of hydrazine groups is 1. The molecule has 0 aliphatic rings. The molecule has 0 atom stereocenters. The van der Waals surface area contributed by atoms with Gasteiger partial charge in [0.1, 0.15) is 5.58 Å². The van der Waals surface area contributed by atoms with Gasteiger partial charge in [0.05, 0.1) is 17.9 Å². The second-order valence-electron chi connectivity index (χ2n) is 4.25. The first-order valence-electron chi connectivity index (χ1n) is 6.03. The maximum Gasteiger partial charge on any atom is 0.305 e. The number of furan rings is 1. The molecule has 3 rings (SSSR count). The highest BCUT2D eigenvalue weighted by Gasteiger charge is 2.18. The summed E-state index contributed by atoms with van der Waals surface area (Å²) in [5, 5.41) is 0.859. The molecule has 0 bridgehead atoms. The van der Waals surface area contributed by atoms with Crippen LogP contribution in [0.2, 0.25) is 0 Å². The van der Waals surface area contributed by atoms with E-state index in [9.17, 15) is 9.59 Å². The maximum atomic E-state index is 12.1. The topological polar surface area (TPSA) is 97.1 Å². The monoisotopic (exact) mass is 302 g/mol. The molecular weight excluding hydrogens is 292 g/mol. The SMILES string of the molecule is Cc1c(C(=O)NNC(=O)c2cnsn2)oc2ccccc12. The first-order chi connectivity index (χ1) is 10.2. The van der Waals surface area contributed by atoms with Crippen LogP contribution in [0, 0.1) is 6.92 Å². The van der Waals surface area contributed by atoms with Crippen molar-refractivity contribution in [3.63, 3.8) is 0 Å². The van der Waals surface area contributed by atoms with Crippen LogP contribution in [0.1, 0.15) is 26.6 Å². The van der Waals surface area contributed by atoms with Gasteiger partial charge < -0.3 is 4.42 Å². The highest BCUT2D eigenvalue weighted by atomic mass is 32.1. The van der Waals surface area contributed by atoms with Crippen LogP contribution in [0.5, 0.6) is 0 Å². The van der Waals surface area contributed by atoms with E-state index in [1.807, 2.05) is 18.2 Å². The minimum Gasteiger partial charge on any atom is -0.451 e. The Balaban J connectivity index is 1.75. The number of para-hydroxylation sites is 1. The van der Waals surface area contributed by atoms with E-state index in [4.69, 9.17) is 4.42 Å². The molecule has 8 heteroatoms. The zero-order valence-corrected chi connectivity index (χ0v) is 11.7. The molecule has 2 N–H and O–H groups in total. The third kappa shape index (κ3) is 2.48. The number of rotatable bonds is 2. The average Bonchev–Trinajstić information content (AvgIpc) is 3.13. The number of carbonyl (C=O) groups is 2. The molecule has 3 aromatic rings. The standard InChI is InChI=1S/C13H10N4O3S/c1-7-8-4-2-3-5-10(8)20-11(7)13(19)16-15-12(18)9-6-14-21-17-9/h2-6H,1H3,(H,15,18)(H,16,19). The summed E-state index contributed by atoms with van der Waals surface area (Å²) in [6.45, 7) is 1.78. The molecule has 2 aromatic heterocycles. The summed E-state index contributed by atoms with van der Waals surface area (Å²) in [6.07, 6.45) is 1.32. The molecule has 0 saturated carbocycles. The largest absolute Gasteiger partial charge is 0.451 e. The minimum absolute atomic E-state index is 0.140. The van der Waals surface area contributed by atoms with E-state index >= 15 is 0 Å². The fraction of sp³-hybridized carbons (Fsp3) is 0.0769. The highest BCUT2D eigenvalue weighted by Crippen LogP contribution is 2.24. The van der Waals surface area contributed by atoms with Crippen molar-refractivity contribution in [3.8, 4) is 0 Å². The Kier molecular flexibility index (Phi) is 3.36. The molecule has 2 heterocycles. The van der Waals surface area contributed by atoms with Gasteiger partial charge in [0.25, 0.3) is 5.91 Å². The Morgan fingerprint density at radius 3 is 2.67 bits per heavy atom. The molecule has 106 valence electrons. The molecule has 0 spiro atoms. The van der Waals surface area contributed by atoms with Crippen LogP contribution < -0.4 is 10.9 Å². The van der Waals surface area contributed by atoms with Gasteiger partial charge in [0.15, 0.2) is 11.5 Å². The number of hydrogen-bond acceptors (Lipinski definition) is 6. The lowest BCUT2D eigenvalue weighted by Gasteiger charge is -2.04. The summed E-state index contributed by atoms with van der Waals surface area (Å²) in [5.74, 6) is -0.904. The Morgan fingerprint density at radius 1 is 1.19 bits per heavy atom.